The largest absolute Gasteiger partial charge is 0.369 e. The third-order valence-corrected chi connectivity index (χ3v) is 2.43. The van der Waals surface area contributed by atoms with E-state index in [4.69, 9.17) is 5.73 Å². The molecular formula is C12H11F2N3O. The first-order chi connectivity index (χ1) is 8.56. The quantitative estimate of drug-likeness (QED) is 0.888. The Kier molecular flexibility index (Phi) is 3.36. The Morgan fingerprint density at radius 2 is 1.94 bits per heavy atom. The Morgan fingerprint density at radius 1 is 1.28 bits per heavy atom. The molecule has 0 unspecified atom stereocenters. The number of nitrogens with zero attached hydrogens (tertiary/aromatic N) is 2. The molecule has 0 aliphatic rings. The van der Waals surface area contributed by atoms with Gasteiger partial charge in [-0.15, -0.1) is 0 Å². The summed E-state index contributed by atoms with van der Waals surface area (Å²) in [6, 6.07) is 5.26. The standard InChI is InChI=1S/C12H11F2N3O/c13-10-2-1-3-11(14)9(10)7-17-5-4-8(16-17)6-12(15)18/h1-5H,6-7H2,(H2,15,18). The lowest BCUT2D eigenvalue weighted by atomic mass is 10.2. The van der Waals surface area contributed by atoms with Gasteiger partial charge in [-0.05, 0) is 18.2 Å². The molecule has 0 saturated carbocycles. The molecule has 6 heteroatoms. The molecule has 1 aromatic carbocycles. The number of hydrogen-bond acceptors (Lipinski definition) is 2. The number of carbonyl (C=O) groups is 1. The van der Waals surface area contributed by atoms with Gasteiger partial charge in [0.15, 0.2) is 0 Å². The van der Waals surface area contributed by atoms with Crippen LogP contribution in [-0.2, 0) is 17.8 Å². The van der Waals surface area contributed by atoms with E-state index in [-0.39, 0.29) is 18.5 Å². The summed E-state index contributed by atoms with van der Waals surface area (Å²) in [5, 5.41) is 4.01. The van der Waals surface area contributed by atoms with Crippen LogP contribution in [0.25, 0.3) is 0 Å². The van der Waals surface area contributed by atoms with Crippen molar-refractivity contribution in [1.29, 1.82) is 0 Å². The molecular weight excluding hydrogens is 240 g/mol. The second kappa shape index (κ2) is 4.95. The van der Waals surface area contributed by atoms with E-state index in [2.05, 4.69) is 5.10 Å². The Morgan fingerprint density at radius 3 is 2.56 bits per heavy atom. The molecule has 1 aromatic heterocycles. The highest BCUT2D eigenvalue weighted by atomic mass is 19.1. The molecule has 0 atom stereocenters. The summed E-state index contributed by atoms with van der Waals surface area (Å²) in [4.78, 5) is 10.7. The van der Waals surface area contributed by atoms with E-state index in [1.54, 1.807) is 12.3 Å². The van der Waals surface area contributed by atoms with Crippen LogP contribution < -0.4 is 5.73 Å². The first-order valence-corrected chi connectivity index (χ1v) is 5.30. The molecule has 2 aromatic rings. The van der Waals surface area contributed by atoms with Gasteiger partial charge >= 0.3 is 0 Å². The fourth-order valence-corrected chi connectivity index (χ4v) is 1.61. The van der Waals surface area contributed by atoms with E-state index in [1.807, 2.05) is 0 Å². The van der Waals surface area contributed by atoms with Crippen LogP contribution >= 0.6 is 0 Å². The monoisotopic (exact) mass is 251 g/mol. The van der Waals surface area contributed by atoms with Crippen molar-refractivity contribution in [1.82, 2.24) is 9.78 Å². The van der Waals surface area contributed by atoms with Gasteiger partial charge in [-0.2, -0.15) is 5.10 Å². The second-order valence-corrected chi connectivity index (χ2v) is 3.85. The van der Waals surface area contributed by atoms with E-state index in [0.29, 0.717) is 5.69 Å². The molecule has 0 saturated heterocycles. The SMILES string of the molecule is NC(=O)Cc1ccn(Cc2c(F)cccc2F)n1. The predicted molar refractivity (Wildman–Crippen MR) is 60.6 cm³/mol. The second-order valence-electron chi connectivity index (χ2n) is 3.85. The Labute approximate surface area is 102 Å². The van der Waals surface area contributed by atoms with Crippen molar-refractivity contribution < 1.29 is 13.6 Å². The predicted octanol–water partition coefficient (Wildman–Crippen LogP) is 1.24. The summed E-state index contributed by atoms with van der Waals surface area (Å²) in [6.45, 7) is -0.0305. The van der Waals surface area contributed by atoms with E-state index < -0.39 is 17.5 Å². The number of carbonyl (C=O) groups excluding carboxylic acids is 1. The summed E-state index contributed by atoms with van der Waals surface area (Å²) in [7, 11) is 0. The van der Waals surface area contributed by atoms with Crippen molar-refractivity contribution in [2.75, 3.05) is 0 Å². The summed E-state index contributed by atoms with van der Waals surface area (Å²) < 4.78 is 28.2. The van der Waals surface area contributed by atoms with Crippen LogP contribution in [0.15, 0.2) is 30.5 Å². The average molecular weight is 251 g/mol. The number of nitrogens with two attached hydrogens (primary N) is 1. The van der Waals surface area contributed by atoms with Crippen molar-refractivity contribution in [3.05, 3.63) is 53.4 Å². The van der Waals surface area contributed by atoms with Crippen molar-refractivity contribution >= 4 is 5.91 Å². The summed E-state index contributed by atoms with van der Waals surface area (Å²) in [6.07, 6.45) is 1.55. The first-order valence-electron chi connectivity index (χ1n) is 5.30. The van der Waals surface area contributed by atoms with Crippen LogP contribution in [0.3, 0.4) is 0 Å². The lowest BCUT2D eigenvalue weighted by Crippen LogP contribution is -2.14. The summed E-state index contributed by atoms with van der Waals surface area (Å²) in [5.74, 6) is -1.75. The number of benzene rings is 1. The molecule has 0 aliphatic heterocycles. The lowest BCUT2D eigenvalue weighted by molar-refractivity contribution is -0.117. The fraction of sp³-hybridized carbons (Fsp3) is 0.167. The third kappa shape index (κ3) is 2.71. The highest BCUT2D eigenvalue weighted by Crippen LogP contribution is 2.13. The van der Waals surface area contributed by atoms with Gasteiger partial charge in [-0.25, -0.2) is 8.78 Å². The van der Waals surface area contributed by atoms with E-state index in [1.165, 1.54) is 22.9 Å². The van der Waals surface area contributed by atoms with Gasteiger partial charge in [-0.1, -0.05) is 6.07 Å². The van der Waals surface area contributed by atoms with Gasteiger partial charge < -0.3 is 5.73 Å². The Balaban J connectivity index is 2.19. The van der Waals surface area contributed by atoms with Crippen molar-refractivity contribution in [3.63, 3.8) is 0 Å². The topological polar surface area (TPSA) is 60.9 Å². The zero-order valence-corrected chi connectivity index (χ0v) is 9.44. The minimum absolute atomic E-state index is 0.00670. The average Bonchev–Trinajstić information content (AvgIpc) is 2.70. The highest BCUT2D eigenvalue weighted by molar-refractivity contribution is 5.75. The number of primary amides is 1. The zero-order valence-electron chi connectivity index (χ0n) is 9.44. The van der Waals surface area contributed by atoms with Crippen LogP contribution in [0.2, 0.25) is 0 Å². The fourth-order valence-electron chi connectivity index (χ4n) is 1.61. The van der Waals surface area contributed by atoms with Gasteiger partial charge in [0.2, 0.25) is 5.91 Å². The number of rotatable bonds is 4. The van der Waals surface area contributed by atoms with Crippen molar-refractivity contribution in [3.8, 4) is 0 Å². The molecule has 1 amide bonds. The van der Waals surface area contributed by atoms with Crippen LogP contribution in [0, 0.1) is 11.6 Å². The maximum atomic E-state index is 13.4. The number of hydrogen-bond donors (Lipinski definition) is 1. The van der Waals surface area contributed by atoms with Crippen LogP contribution in [-0.4, -0.2) is 15.7 Å². The maximum Gasteiger partial charge on any atom is 0.223 e. The molecule has 2 rings (SSSR count). The molecule has 1 heterocycles. The van der Waals surface area contributed by atoms with Gasteiger partial charge in [0, 0.05) is 11.8 Å². The minimum Gasteiger partial charge on any atom is -0.369 e. The number of aromatic nitrogens is 2. The minimum atomic E-state index is -0.623. The van der Waals surface area contributed by atoms with Crippen molar-refractivity contribution in [2.24, 2.45) is 5.73 Å². The Bertz CT molecular complexity index is 560. The Hall–Kier alpha value is -2.24. The zero-order chi connectivity index (χ0) is 13.1. The smallest absolute Gasteiger partial charge is 0.223 e. The summed E-state index contributed by atoms with van der Waals surface area (Å²) in [5.41, 5.74) is 5.43. The van der Waals surface area contributed by atoms with Gasteiger partial charge in [0.25, 0.3) is 0 Å². The lowest BCUT2D eigenvalue weighted by Gasteiger charge is -2.04. The molecule has 0 radical (unpaired) electrons. The normalized spacial score (nSPS) is 10.6. The van der Waals surface area contributed by atoms with E-state index >= 15 is 0 Å². The maximum absolute atomic E-state index is 13.4. The first kappa shape index (κ1) is 12.2. The number of halogens is 2. The molecule has 2 N–H and O–H groups in total. The van der Waals surface area contributed by atoms with Gasteiger partial charge in [0.05, 0.1) is 18.7 Å². The molecule has 0 bridgehead atoms. The van der Waals surface area contributed by atoms with Crippen molar-refractivity contribution in [2.45, 2.75) is 13.0 Å². The highest BCUT2D eigenvalue weighted by Gasteiger charge is 2.10. The van der Waals surface area contributed by atoms with E-state index in [9.17, 15) is 13.6 Å². The van der Waals surface area contributed by atoms with Gasteiger partial charge in [0.1, 0.15) is 11.6 Å². The third-order valence-electron chi connectivity index (χ3n) is 2.43. The number of amides is 1. The molecule has 94 valence electrons. The summed E-state index contributed by atoms with van der Waals surface area (Å²) >= 11 is 0. The van der Waals surface area contributed by atoms with Gasteiger partial charge in [-0.3, -0.25) is 9.48 Å². The molecule has 0 fully saturated rings. The molecule has 0 spiro atoms. The van der Waals surface area contributed by atoms with Crippen LogP contribution in [0.5, 0.6) is 0 Å². The van der Waals surface area contributed by atoms with E-state index in [0.717, 1.165) is 0 Å². The molecule has 4 nitrogen and oxygen atoms in total. The van der Waals surface area contributed by atoms with Crippen LogP contribution in [0.1, 0.15) is 11.3 Å². The van der Waals surface area contributed by atoms with Crippen LogP contribution in [0.4, 0.5) is 8.78 Å². The molecule has 0 aliphatic carbocycles. The molecule has 18 heavy (non-hydrogen) atoms.